The molecule has 4 aliphatic rings. The molecule has 1 heterocycles. The molecule has 0 unspecified atom stereocenters. The number of nitrogens with zero attached hydrogens (tertiary/aromatic N) is 1. The highest BCUT2D eigenvalue weighted by atomic mass is 32.2. The fourth-order valence-corrected chi connectivity index (χ4v) is 6.44. The van der Waals surface area contributed by atoms with E-state index in [-0.39, 0.29) is 23.0 Å². The van der Waals surface area contributed by atoms with Crippen LogP contribution in [0.15, 0.2) is 29.4 Å². The third kappa shape index (κ3) is 3.82. The Morgan fingerprint density at radius 1 is 1.08 bits per heavy atom. The van der Waals surface area contributed by atoms with Crippen molar-refractivity contribution in [2.24, 2.45) is 23.2 Å². The molecule has 7 heteroatoms. The lowest BCUT2D eigenvalue weighted by molar-refractivity contribution is -0.645. The summed E-state index contributed by atoms with van der Waals surface area (Å²) in [5, 5.41) is 12.0. The van der Waals surface area contributed by atoms with Crippen LogP contribution < -0.4 is 15.6 Å². The summed E-state index contributed by atoms with van der Waals surface area (Å²) in [6.45, 7) is 0. The van der Waals surface area contributed by atoms with Gasteiger partial charge in [-0.25, -0.2) is 0 Å². The van der Waals surface area contributed by atoms with Crippen LogP contribution >= 0.6 is 11.8 Å². The van der Waals surface area contributed by atoms with Gasteiger partial charge in [-0.1, -0.05) is 0 Å². The van der Waals surface area contributed by atoms with Crippen molar-refractivity contribution in [2.45, 2.75) is 50.0 Å². The van der Waals surface area contributed by atoms with E-state index in [1.807, 2.05) is 0 Å². The molecule has 0 radical (unpaired) electrons. The number of carbonyl (C=O) groups excluding carboxylic acids is 2. The summed E-state index contributed by atoms with van der Waals surface area (Å²) in [5.41, 5.74) is 5.22. The molecule has 0 spiro atoms. The fraction of sp³-hybridized carbons (Fsp3) is 0.632. The lowest BCUT2D eigenvalue weighted by Crippen LogP contribution is -2.50. The summed E-state index contributed by atoms with van der Waals surface area (Å²) in [5.74, 6) is 2.12. The maximum atomic E-state index is 12.4. The molecule has 0 aromatic carbocycles. The quantitative estimate of drug-likeness (QED) is 0.357. The minimum atomic E-state index is -0.308. The number of hydrogen-bond donors (Lipinski definition) is 2. The summed E-state index contributed by atoms with van der Waals surface area (Å²) in [6.07, 6.45) is 9.50. The van der Waals surface area contributed by atoms with E-state index in [0.717, 1.165) is 34.2 Å². The van der Waals surface area contributed by atoms with Crippen molar-refractivity contribution >= 4 is 23.6 Å². The number of amides is 2. The Labute approximate surface area is 157 Å². The minimum absolute atomic E-state index is 0.0872. The summed E-state index contributed by atoms with van der Waals surface area (Å²) in [6, 6.07) is 5.06. The molecule has 4 bridgehead atoms. The number of hydrogen-bond acceptors (Lipinski definition) is 4. The number of rotatable bonds is 5. The number of thioether (sulfide) groups is 1. The molecule has 2 amide bonds. The molecule has 4 aliphatic carbocycles. The molecule has 140 valence electrons. The topological polar surface area (TPSA) is 85.1 Å². The van der Waals surface area contributed by atoms with Crippen molar-refractivity contribution in [1.82, 2.24) is 10.9 Å². The van der Waals surface area contributed by atoms with E-state index >= 15 is 0 Å². The van der Waals surface area contributed by atoms with Gasteiger partial charge in [0.2, 0.25) is 11.8 Å². The predicted molar refractivity (Wildman–Crippen MR) is 97.6 cm³/mol. The fourth-order valence-electron chi connectivity index (χ4n) is 5.73. The largest absolute Gasteiger partial charge is 0.618 e. The van der Waals surface area contributed by atoms with Gasteiger partial charge in [-0.05, 0) is 79.5 Å². The SMILES string of the molecule is O=C(CSc1cccc[n+]1[O-])NNC(=O)CC12CC3CC(CC(C3)C1)C2. The van der Waals surface area contributed by atoms with Crippen molar-refractivity contribution < 1.29 is 14.3 Å². The van der Waals surface area contributed by atoms with Gasteiger partial charge in [0.1, 0.15) is 0 Å². The van der Waals surface area contributed by atoms with Crippen LogP contribution in [-0.2, 0) is 9.59 Å². The first-order chi connectivity index (χ1) is 12.5. The van der Waals surface area contributed by atoms with Crippen molar-refractivity contribution in [3.05, 3.63) is 29.6 Å². The lowest BCUT2D eigenvalue weighted by Gasteiger charge is -2.56. The summed E-state index contributed by atoms with van der Waals surface area (Å²) < 4.78 is 0.726. The van der Waals surface area contributed by atoms with Crippen LogP contribution in [0.3, 0.4) is 0 Å². The Kier molecular flexibility index (Phi) is 4.82. The highest BCUT2D eigenvalue weighted by molar-refractivity contribution is 7.99. The zero-order valence-corrected chi connectivity index (χ0v) is 15.6. The molecule has 2 N–H and O–H groups in total. The van der Waals surface area contributed by atoms with Crippen LogP contribution in [0.25, 0.3) is 0 Å². The van der Waals surface area contributed by atoms with Gasteiger partial charge in [0, 0.05) is 18.6 Å². The van der Waals surface area contributed by atoms with Crippen LogP contribution in [0.4, 0.5) is 0 Å². The molecule has 0 aliphatic heterocycles. The molecular formula is C19H25N3O3S. The number of nitrogens with one attached hydrogen (secondary N) is 2. The molecular weight excluding hydrogens is 350 g/mol. The Morgan fingerprint density at radius 3 is 2.31 bits per heavy atom. The van der Waals surface area contributed by atoms with Crippen molar-refractivity contribution in [3.63, 3.8) is 0 Å². The second-order valence-corrected chi connectivity index (χ2v) is 9.34. The zero-order valence-electron chi connectivity index (χ0n) is 14.8. The smallest absolute Gasteiger partial charge is 0.251 e. The zero-order chi connectivity index (χ0) is 18.1. The monoisotopic (exact) mass is 375 g/mol. The number of aromatic nitrogens is 1. The van der Waals surface area contributed by atoms with Crippen LogP contribution in [0.1, 0.15) is 44.9 Å². The number of carbonyl (C=O) groups is 2. The Bertz CT molecular complexity index is 674. The van der Waals surface area contributed by atoms with Gasteiger partial charge in [0.15, 0.2) is 6.20 Å². The van der Waals surface area contributed by atoms with Crippen molar-refractivity contribution in [1.29, 1.82) is 0 Å². The first-order valence-corrected chi connectivity index (χ1v) is 10.4. The van der Waals surface area contributed by atoms with Gasteiger partial charge in [-0.3, -0.25) is 20.4 Å². The summed E-state index contributed by atoms with van der Waals surface area (Å²) in [7, 11) is 0. The van der Waals surface area contributed by atoms with Crippen LogP contribution in [0, 0.1) is 28.4 Å². The summed E-state index contributed by atoms with van der Waals surface area (Å²) in [4.78, 5) is 24.3. The second-order valence-electron chi connectivity index (χ2n) is 8.34. The first kappa shape index (κ1) is 17.6. The molecule has 26 heavy (non-hydrogen) atoms. The predicted octanol–water partition coefficient (Wildman–Crippen LogP) is 2.17. The van der Waals surface area contributed by atoms with Gasteiger partial charge < -0.3 is 5.21 Å². The normalized spacial score (nSPS) is 31.6. The van der Waals surface area contributed by atoms with Gasteiger partial charge in [0.05, 0.1) is 5.75 Å². The Hall–Kier alpha value is -1.76. The molecule has 1 aromatic heterocycles. The van der Waals surface area contributed by atoms with Crippen LogP contribution in [0.5, 0.6) is 0 Å². The molecule has 0 saturated heterocycles. The Balaban J connectivity index is 1.23. The van der Waals surface area contributed by atoms with Gasteiger partial charge >= 0.3 is 0 Å². The van der Waals surface area contributed by atoms with Gasteiger partial charge in [0.25, 0.3) is 5.03 Å². The third-order valence-electron chi connectivity index (χ3n) is 6.18. The summed E-state index contributed by atoms with van der Waals surface area (Å²) >= 11 is 1.15. The average molecular weight is 375 g/mol. The van der Waals surface area contributed by atoms with E-state index in [2.05, 4.69) is 10.9 Å². The minimum Gasteiger partial charge on any atom is -0.618 e. The second kappa shape index (κ2) is 7.10. The Morgan fingerprint density at radius 2 is 1.69 bits per heavy atom. The van der Waals surface area contributed by atoms with E-state index in [0.29, 0.717) is 11.4 Å². The molecule has 1 aromatic rings. The van der Waals surface area contributed by atoms with Gasteiger partial charge in [-0.2, -0.15) is 4.73 Å². The number of pyridine rings is 1. The maximum Gasteiger partial charge on any atom is 0.251 e. The molecule has 4 fully saturated rings. The van der Waals surface area contributed by atoms with E-state index in [9.17, 15) is 14.8 Å². The molecule has 6 nitrogen and oxygen atoms in total. The van der Waals surface area contributed by atoms with Gasteiger partial charge in [-0.15, -0.1) is 0 Å². The van der Waals surface area contributed by atoms with Crippen molar-refractivity contribution in [3.8, 4) is 0 Å². The number of hydrazine groups is 1. The first-order valence-electron chi connectivity index (χ1n) is 9.40. The standard InChI is InChI=1S/C19H25N3O3S/c23-16(11-19-8-13-5-14(9-19)7-15(6-13)10-19)20-21-17(24)12-26-18-3-1-2-4-22(18)25/h1-4,13-15H,5-12H2,(H,20,23)(H,21,24). The lowest BCUT2D eigenvalue weighted by atomic mass is 9.49. The third-order valence-corrected chi connectivity index (χ3v) is 7.20. The molecule has 5 rings (SSSR count). The van der Waals surface area contributed by atoms with E-state index in [1.165, 1.54) is 44.7 Å². The highest BCUT2D eigenvalue weighted by Crippen LogP contribution is 2.61. The van der Waals surface area contributed by atoms with E-state index in [1.54, 1.807) is 18.2 Å². The molecule has 4 saturated carbocycles. The molecule has 0 atom stereocenters. The van der Waals surface area contributed by atoms with Crippen LogP contribution in [0.2, 0.25) is 0 Å². The average Bonchev–Trinajstić information content (AvgIpc) is 2.57. The van der Waals surface area contributed by atoms with Crippen molar-refractivity contribution in [2.75, 3.05) is 5.75 Å². The van der Waals surface area contributed by atoms with E-state index in [4.69, 9.17) is 0 Å². The highest BCUT2D eigenvalue weighted by Gasteiger charge is 2.51. The van der Waals surface area contributed by atoms with Crippen LogP contribution in [-0.4, -0.2) is 17.6 Å². The van der Waals surface area contributed by atoms with E-state index < -0.39 is 0 Å². The maximum absolute atomic E-state index is 12.4.